The molecule has 2 heterocycles. The number of hydrogen-bond acceptors (Lipinski definition) is 6. The molecular weight excluding hydrogens is 440 g/mol. The molecule has 1 saturated heterocycles. The first-order valence-corrected chi connectivity index (χ1v) is 11.6. The van der Waals surface area contributed by atoms with Crippen LogP contribution < -0.4 is 15.8 Å². The van der Waals surface area contributed by atoms with E-state index in [4.69, 9.17) is 10.5 Å². The molecule has 1 aromatic heterocycles. The molecule has 170 valence electrons. The Bertz CT molecular complexity index is 1030. The smallest absolute Gasteiger partial charge is 0.453 e. The summed E-state index contributed by atoms with van der Waals surface area (Å²) in [6, 6.07) is 15.3. The first-order valence-electron chi connectivity index (χ1n) is 10.3. The molecule has 3 aromatic rings. The van der Waals surface area contributed by atoms with Gasteiger partial charge in [0.25, 0.3) is 5.82 Å². The first-order chi connectivity index (χ1) is 15.5. The van der Waals surface area contributed by atoms with Crippen LogP contribution in [0.4, 0.5) is 13.2 Å². The van der Waals surface area contributed by atoms with E-state index in [2.05, 4.69) is 33.0 Å². The number of tetrazole rings is 1. The topological polar surface area (TPSA) is 90.9 Å². The van der Waals surface area contributed by atoms with E-state index >= 15 is 0 Å². The van der Waals surface area contributed by atoms with Crippen molar-refractivity contribution in [2.24, 2.45) is 5.73 Å². The maximum absolute atomic E-state index is 13.2. The van der Waals surface area contributed by atoms with E-state index < -0.39 is 12.0 Å². The Morgan fingerprint density at radius 1 is 1.19 bits per heavy atom. The molecule has 4 rings (SSSR count). The third kappa shape index (κ3) is 5.09. The molecule has 0 saturated carbocycles. The molecular formula is C21H24F3N6OP. The summed E-state index contributed by atoms with van der Waals surface area (Å²) in [4.78, 5) is 0. The second kappa shape index (κ2) is 9.94. The van der Waals surface area contributed by atoms with Crippen LogP contribution >= 0.6 is 8.58 Å². The van der Waals surface area contributed by atoms with E-state index in [-0.39, 0.29) is 18.5 Å². The fraction of sp³-hybridized carbons (Fsp3) is 0.381. The van der Waals surface area contributed by atoms with E-state index in [1.807, 2.05) is 18.2 Å². The van der Waals surface area contributed by atoms with E-state index in [0.29, 0.717) is 28.2 Å². The van der Waals surface area contributed by atoms with Gasteiger partial charge in [0, 0.05) is 23.8 Å². The highest BCUT2D eigenvalue weighted by atomic mass is 31.1. The lowest BCUT2D eigenvalue weighted by atomic mass is 10.00. The molecule has 0 aliphatic carbocycles. The van der Waals surface area contributed by atoms with Crippen molar-refractivity contribution in [2.45, 2.75) is 37.3 Å². The van der Waals surface area contributed by atoms with Crippen molar-refractivity contribution in [1.82, 2.24) is 25.5 Å². The minimum atomic E-state index is -4.67. The average Bonchev–Trinajstić information content (AvgIpc) is 3.30. The van der Waals surface area contributed by atoms with Gasteiger partial charge in [-0.3, -0.25) is 5.73 Å². The van der Waals surface area contributed by atoms with Crippen LogP contribution in [0.5, 0.6) is 5.75 Å². The van der Waals surface area contributed by atoms with Gasteiger partial charge in [0.2, 0.25) is 0 Å². The lowest BCUT2D eigenvalue weighted by Crippen LogP contribution is -2.35. The number of alkyl halides is 3. The second-order valence-electron chi connectivity index (χ2n) is 7.49. The highest BCUT2D eigenvalue weighted by molar-refractivity contribution is 7.38. The number of hydrogen-bond donors (Lipinski definition) is 2. The standard InChI is InChI=1S/C21H24F3N6OP/c22-21(23,24)20-27-28-29-30(20)16-8-9-18(31-13-25)15(11-16)12-26-17-7-4-10-32-19(17)14-5-2-1-3-6-14/h1-3,5-6,8-9,11,17,19,26,32H,4,7,10,12-13,25H2/t17-,19-/m0/s1. The molecule has 1 aliphatic heterocycles. The van der Waals surface area contributed by atoms with Crippen LogP contribution in [0, 0.1) is 0 Å². The highest BCUT2D eigenvalue weighted by Gasteiger charge is 2.38. The molecule has 1 aliphatic rings. The summed E-state index contributed by atoms with van der Waals surface area (Å²) >= 11 is 0. The lowest BCUT2D eigenvalue weighted by Gasteiger charge is -2.33. The third-order valence-corrected chi connectivity index (χ3v) is 7.24. The van der Waals surface area contributed by atoms with Gasteiger partial charge < -0.3 is 10.1 Å². The molecule has 7 nitrogen and oxygen atoms in total. The fourth-order valence-electron chi connectivity index (χ4n) is 3.96. The van der Waals surface area contributed by atoms with Gasteiger partial charge in [-0.25, -0.2) is 0 Å². The van der Waals surface area contributed by atoms with Crippen LogP contribution in [-0.4, -0.2) is 39.1 Å². The molecule has 11 heteroatoms. The van der Waals surface area contributed by atoms with Crippen molar-refractivity contribution in [1.29, 1.82) is 0 Å². The van der Waals surface area contributed by atoms with Crippen molar-refractivity contribution in [3.8, 4) is 11.4 Å². The summed E-state index contributed by atoms with van der Waals surface area (Å²) in [5, 5.41) is 13.4. The van der Waals surface area contributed by atoms with Crippen LogP contribution in [0.15, 0.2) is 48.5 Å². The van der Waals surface area contributed by atoms with Crippen LogP contribution in [0.3, 0.4) is 0 Å². The Morgan fingerprint density at radius 2 is 2.00 bits per heavy atom. The number of nitrogens with zero attached hydrogens (tertiary/aromatic N) is 4. The van der Waals surface area contributed by atoms with Crippen molar-refractivity contribution in [3.05, 3.63) is 65.5 Å². The summed E-state index contributed by atoms with van der Waals surface area (Å²) in [5.41, 5.74) is 8.16. The van der Waals surface area contributed by atoms with Gasteiger partial charge in [-0.1, -0.05) is 30.3 Å². The fourth-order valence-corrected chi connectivity index (χ4v) is 5.68. The first kappa shape index (κ1) is 22.6. The SMILES string of the molecule is NCOc1ccc(-n2nnnc2C(F)(F)F)cc1CN[C@H]1CCCP[C@H]1c1ccccc1. The van der Waals surface area contributed by atoms with Crippen molar-refractivity contribution in [3.63, 3.8) is 0 Å². The number of halogens is 3. The van der Waals surface area contributed by atoms with Gasteiger partial charge in [0.15, 0.2) is 0 Å². The summed E-state index contributed by atoms with van der Waals surface area (Å²) in [6.45, 7) is 0.383. The zero-order valence-electron chi connectivity index (χ0n) is 17.2. The minimum absolute atomic E-state index is 0.0392. The zero-order chi connectivity index (χ0) is 22.6. The average molecular weight is 464 g/mol. The van der Waals surface area contributed by atoms with Crippen LogP contribution in [0.25, 0.3) is 5.69 Å². The Labute approximate surface area is 185 Å². The molecule has 0 bridgehead atoms. The molecule has 1 fully saturated rings. The normalized spacial score (nSPS) is 19.9. The van der Waals surface area contributed by atoms with E-state index in [1.165, 1.54) is 17.8 Å². The second-order valence-corrected chi connectivity index (χ2v) is 9.02. The van der Waals surface area contributed by atoms with Gasteiger partial charge in [0.05, 0.1) is 5.69 Å². The summed E-state index contributed by atoms with van der Waals surface area (Å²) in [7, 11) is 0.817. The zero-order valence-corrected chi connectivity index (χ0v) is 18.2. The van der Waals surface area contributed by atoms with Crippen molar-refractivity contribution >= 4 is 8.58 Å². The molecule has 0 spiro atoms. The van der Waals surface area contributed by atoms with Gasteiger partial charge in [-0.15, -0.1) is 13.7 Å². The van der Waals surface area contributed by atoms with Crippen LogP contribution in [0.1, 0.15) is 35.5 Å². The number of nitrogens with two attached hydrogens (primary N) is 1. The van der Waals surface area contributed by atoms with Crippen LogP contribution in [0.2, 0.25) is 0 Å². The highest BCUT2D eigenvalue weighted by Crippen LogP contribution is 2.43. The third-order valence-electron chi connectivity index (χ3n) is 5.42. The van der Waals surface area contributed by atoms with Gasteiger partial charge in [0.1, 0.15) is 12.5 Å². The summed E-state index contributed by atoms with van der Waals surface area (Å²) < 4.78 is 45.9. The Kier molecular flexibility index (Phi) is 7.03. The van der Waals surface area contributed by atoms with Gasteiger partial charge in [-0.2, -0.15) is 17.9 Å². The number of benzene rings is 2. The van der Waals surface area contributed by atoms with Crippen molar-refractivity contribution < 1.29 is 17.9 Å². The number of rotatable bonds is 7. The Hall–Kier alpha value is -2.55. The predicted octanol–water partition coefficient (Wildman–Crippen LogP) is 3.65. The van der Waals surface area contributed by atoms with Crippen molar-refractivity contribution in [2.75, 3.05) is 12.9 Å². The number of nitrogens with one attached hydrogen (secondary N) is 1. The lowest BCUT2D eigenvalue weighted by molar-refractivity contribution is -0.146. The summed E-state index contributed by atoms with van der Waals surface area (Å²) in [6.07, 6.45) is -1.29. The number of ether oxygens (including phenoxy) is 1. The predicted molar refractivity (Wildman–Crippen MR) is 116 cm³/mol. The Balaban J connectivity index is 1.58. The molecule has 0 amide bonds. The maximum Gasteiger partial charge on any atom is 0.453 e. The largest absolute Gasteiger partial charge is 0.478 e. The van der Waals surface area contributed by atoms with E-state index in [1.54, 1.807) is 12.1 Å². The molecule has 0 radical (unpaired) electrons. The van der Waals surface area contributed by atoms with E-state index in [9.17, 15) is 13.2 Å². The monoisotopic (exact) mass is 464 g/mol. The van der Waals surface area contributed by atoms with Gasteiger partial charge >= 0.3 is 6.18 Å². The quantitative estimate of drug-likeness (QED) is 0.410. The summed E-state index contributed by atoms with van der Waals surface area (Å²) in [5.74, 6) is -0.665. The van der Waals surface area contributed by atoms with Gasteiger partial charge in [-0.05, 0) is 53.2 Å². The Morgan fingerprint density at radius 3 is 2.75 bits per heavy atom. The van der Waals surface area contributed by atoms with Crippen LogP contribution in [-0.2, 0) is 12.7 Å². The number of aromatic nitrogens is 4. The molecule has 32 heavy (non-hydrogen) atoms. The minimum Gasteiger partial charge on any atom is -0.478 e. The molecule has 2 aromatic carbocycles. The maximum atomic E-state index is 13.2. The molecule has 3 atom stereocenters. The van der Waals surface area contributed by atoms with E-state index in [0.717, 1.165) is 21.4 Å². The molecule has 3 N–H and O–H groups in total. The molecule has 1 unspecified atom stereocenters.